The zero-order valence-electron chi connectivity index (χ0n) is 8.25. The SMILES string of the molecule is CON(C)C(=O)c1cc(N)cc(Cl)c1Cl. The summed E-state index contributed by atoms with van der Waals surface area (Å²) in [5.74, 6) is -0.406. The molecule has 82 valence electrons. The van der Waals surface area contributed by atoms with Crippen LogP contribution in [0.4, 0.5) is 5.69 Å². The Morgan fingerprint density at radius 3 is 2.60 bits per heavy atom. The second-order valence-corrected chi connectivity index (χ2v) is 3.63. The maximum Gasteiger partial charge on any atom is 0.278 e. The molecule has 0 aliphatic rings. The van der Waals surface area contributed by atoms with Crippen molar-refractivity contribution in [2.75, 3.05) is 19.9 Å². The second-order valence-electron chi connectivity index (χ2n) is 2.85. The van der Waals surface area contributed by atoms with Gasteiger partial charge in [-0.1, -0.05) is 23.2 Å². The van der Waals surface area contributed by atoms with Crippen LogP contribution in [0.15, 0.2) is 12.1 Å². The molecule has 6 heteroatoms. The summed E-state index contributed by atoms with van der Waals surface area (Å²) in [5, 5.41) is 1.45. The normalized spacial score (nSPS) is 10.1. The van der Waals surface area contributed by atoms with Gasteiger partial charge in [-0.15, -0.1) is 0 Å². The minimum atomic E-state index is -0.406. The molecule has 1 aromatic rings. The fourth-order valence-corrected chi connectivity index (χ4v) is 1.44. The molecule has 0 unspecified atom stereocenters. The average molecular weight is 249 g/mol. The van der Waals surface area contributed by atoms with Crippen molar-refractivity contribution in [3.8, 4) is 0 Å². The maximum atomic E-state index is 11.7. The van der Waals surface area contributed by atoms with E-state index in [1.54, 1.807) is 0 Å². The van der Waals surface area contributed by atoms with E-state index in [1.165, 1.54) is 26.3 Å². The Balaban J connectivity index is 3.19. The summed E-state index contributed by atoms with van der Waals surface area (Å²) in [6, 6.07) is 2.93. The first-order valence-electron chi connectivity index (χ1n) is 4.04. The number of benzene rings is 1. The van der Waals surface area contributed by atoms with Gasteiger partial charge in [-0.25, -0.2) is 5.06 Å². The van der Waals surface area contributed by atoms with E-state index in [0.29, 0.717) is 5.69 Å². The van der Waals surface area contributed by atoms with Crippen LogP contribution in [0.25, 0.3) is 0 Å². The lowest BCUT2D eigenvalue weighted by molar-refractivity contribution is -0.0756. The van der Waals surface area contributed by atoms with Gasteiger partial charge in [-0.3, -0.25) is 9.63 Å². The summed E-state index contributed by atoms with van der Waals surface area (Å²) < 4.78 is 0. The van der Waals surface area contributed by atoms with Crippen LogP contribution in [-0.4, -0.2) is 25.1 Å². The summed E-state index contributed by atoms with van der Waals surface area (Å²) >= 11 is 11.7. The Bertz CT molecular complexity index is 396. The quantitative estimate of drug-likeness (QED) is 0.645. The summed E-state index contributed by atoms with van der Waals surface area (Å²) in [4.78, 5) is 16.4. The Morgan fingerprint density at radius 2 is 2.07 bits per heavy atom. The lowest BCUT2D eigenvalue weighted by atomic mass is 10.2. The molecule has 0 saturated carbocycles. The van der Waals surface area contributed by atoms with Crippen molar-refractivity contribution < 1.29 is 9.63 Å². The second kappa shape index (κ2) is 4.70. The van der Waals surface area contributed by atoms with E-state index >= 15 is 0 Å². The Kier molecular flexibility index (Phi) is 3.79. The van der Waals surface area contributed by atoms with Gasteiger partial charge in [0.2, 0.25) is 0 Å². The lowest BCUT2D eigenvalue weighted by Crippen LogP contribution is -2.25. The summed E-state index contributed by atoms with van der Waals surface area (Å²) in [6.07, 6.45) is 0. The van der Waals surface area contributed by atoms with Gasteiger partial charge in [0.25, 0.3) is 5.91 Å². The highest BCUT2D eigenvalue weighted by molar-refractivity contribution is 6.44. The number of hydrogen-bond acceptors (Lipinski definition) is 3. The smallest absolute Gasteiger partial charge is 0.278 e. The van der Waals surface area contributed by atoms with Crippen molar-refractivity contribution in [2.24, 2.45) is 0 Å². The van der Waals surface area contributed by atoms with Crippen LogP contribution in [-0.2, 0) is 4.84 Å². The van der Waals surface area contributed by atoms with Crippen LogP contribution in [0.1, 0.15) is 10.4 Å². The Morgan fingerprint density at radius 1 is 1.47 bits per heavy atom. The van der Waals surface area contributed by atoms with Crippen molar-refractivity contribution in [1.82, 2.24) is 5.06 Å². The van der Waals surface area contributed by atoms with Gasteiger partial charge < -0.3 is 5.73 Å². The van der Waals surface area contributed by atoms with Crippen LogP contribution in [0.3, 0.4) is 0 Å². The number of hydrogen-bond donors (Lipinski definition) is 1. The zero-order valence-corrected chi connectivity index (χ0v) is 9.76. The van der Waals surface area contributed by atoms with Gasteiger partial charge >= 0.3 is 0 Å². The third-order valence-corrected chi connectivity index (χ3v) is 2.64. The van der Waals surface area contributed by atoms with Crippen LogP contribution in [0.5, 0.6) is 0 Å². The number of carbonyl (C=O) groups is 1. The monoisotopic (exact) mass is 248 g/mol. The molecule has 0 aromatic heterocycles. The van der Waals surface area contributed by atoms with Gasteiger partial charge in [0.1, 0.15) is 0 Å². The van der Waals surface area contributed by atoms with Crippen LogP contribution >= 0.6 is 23.2 Å². The minimum Gasteiger partial charge on any atom is -0.399 e. The maximum absolute atomic E-state index is 11.7. The molecule has 4 nitrogen and oxygen atoms in total. The van der Waals surface area contributed by atoms with E-state index in [-0.39, 0.29) is 15.6 Å². The summed E-state index contributed by atoms with van der Waals surface area (Å²) in [7, 11) is 2.84. The number of rotatable bonds is 2. The van der Waals surface area contributed by atoms with E-state index in [0.717, 1.165) is 5.06 Å². The van der Waals surface area contributed by atoms with E-state index in [4.69, 9.17) is 33.8 Å². The van der Waals surface area contributed by atoms with Gasteiger partial charge in [0.05, 0.1) is 22.7 Å². The van der Waals surface area contributed by atoms with E-state index in [9.17, 15) is 4.79 Å². The van der Waals surface area contributed by atoms with Crippen molar-refractivity contribution >= 4 is 34.8 Å². The molecule has 15 heavy (non-hydrogen) atoms. The van der Waals surface area contributed by atoms with Crippen LogP contribution < -0.4 is 5.73 Å². The van der Waals surface area contributed by atoms with Crippen molar-refractivity contribution in [2.45, 2.75) is 0 Å². The number of amides is 1. The number of nitrogens with zero attached hydrogens (tertiary/aromatic N) is 1. The Hall–Kier alpha value is -0.970. The average Bonchev–Trinajstić information content (AvgIpc) is 2.21. The fourth-order valence-electron chi connectivity index (χ4n) is 1.02. The molecule has 1 amide bonds. The fraction of sp³-hybridized carbons (Fsp3) is 0.222. The number of nitrogen functional groups attached to an aromatic ring is 1. The Labute approximate surface area is 97.5 Å². The zero-order chi connectivity index (χ0) is 11.6. The van der Waals surface area contributed by atoms with E-state index in [2.05, 4.69) is 0 Å². The molecule has 0 aliphatic heterocycles. The molecule has 0 radical (unpaired) electrons. The number of carbonyl (C=O) groups excluding carboxylic acids is 1. The van der Waals surface area contributed by atoms with Gasteiger partial charge in [0, 0.05) is 12.7 Å². The molecule has 0 atom stereocenters. The van der Waals surface area contributed by atoms with Crippen molar-refractivity contribution in [3.05, 3.63) is 27.7 Å². The molecule has 1 aromatic carbocycles. The van der Waals surface area contributed by atoms with Gasteiger partial charge in [-0.05, 0) is 12.1 Å². The molecule has 0 bridgehead atoms. The first kappa shape index (κ1) is 12.1. The number of nitrogens with two attached hydrogens (primary N) is 1. The molecule has 0 heterocycles. The molecular weight excluding hydrogens is 239 g/mol. The molecule has 0 fully saturated rings. The largest absolute Gasteiger partial charge is 0.399 e. The summed E-state index contributed by atoms with van der Waals surface area (Å²) in [6.45, 7) is 0. The first-order chi connectivity index (χ1) is 6.97. The van der Waals surface area contributed by atoms with Crippen molar-refractivity contribution in [3.63, 3.8) is 0 Å². The van der Waals surface area contributed by atoms with E-state index < -0.39 is 5.91 Å². The number of halogens is 2. The lowest BCUT2D eigenvalue weighted by Gasteiger charge is -2.15. The highest BCUT2D eigenvalue weighted by Gasteiger charge is 2.17. The molecule has 0 spiro atoms. The third kappa shape index (κ3) is 2.53. The molecule has 0 aliphatic carbocycles. The first-order valence-corrected chi connectivity index (χ1v) is 4.79. The topological polar surface area (TPSA) is 55.6 Å². The van der Waals surface area contributed by atoms with E-state index in [1.807, 2.05) is 0 Å². The highest BCUT2D eigenvalue weighted by Crippen LogP contribution is 2.29. The van der Waals surface area contributed by atoms with Crippen LogP contribution in [0.2, 0.25) is 10.0 Å². The standard InChI is InChI=1S/C9H10Cl2N2O2/c1-13(15-2)9(14)6-3-5(12)4-7(10)8(6)11/h3-4H,12H2,1-2H3. The number of hydroxylamine groups is 2. The minimum absolute atomic E-state index is 0.166. The van der Waals surface area contributed by atoms with Gasteiger partial charge in [0.15, 0.2) is 0 Å². The van der Waals surface area contributed by atoms with Crippen LogP contribution in [0, 0.1) is 0 Å². The predicted molar refractivity (Wildman–Crippen MR) is 60.0 cm³/mol. The predicted octanol–water partition coefficient (Wildman–Crippen LogP) is 2.21. The van der Waals surface area contributed by atoms with Gasteiger partial charge in [-0.2, -0.15) is 0 Å². The highest BCUT2D eigenvalue weighted by atomic mass is 35.5. The molecule has 0 saturated heterocycles. The molecule has 1 rings (SSSR count). The third-order valence-electron chi connectivity index (χ3n) is 1.84. The molecular formula is C9H10Cl2N2O2. The van der Waals surface area contributed by atoms with Crippen molar-refractivity contribution in [1.29, 1.82) is 0 Å². The molecule has 2 N–H and O–H groups in total. The number of anilines is 1. The summed E-state index contributed by atoms with van der Waals surface area (Å²) in [5.41, 5.74) is 6.14.